The number of halogens is 2. The minimum atomic E-state index is -0.610. The van der Waals surface area contributed by atoms with Gasteiger partial charge < -0.3 is 4.74 Å². The highest BCUT2D eigenvalue weighted by molar-refractivity contribution is 6.37. The van der Waals surface area contributed by atoms with Gasteiger partial charge in [0, 0.05) is 24.4 Å². The highest BCUT2D eigenvalue weighted by atomic mass is 35.5. The lowest BCUT2D eigenvalue weighted by molar-refractivity contribution is -0.384. The molecule has 0 aliphatic heterocycles. The number of nitro benzene ring substituents is 1. The van der Waals surface area contributed by atoms with E-state index in [0.717, 1.165) is 12.1 Å². The molecule has 0 amide bonds. The van der Waals surface area contributed by atoms with Crippen molar-refractivity contribution in [1.82, 2.24) is 4.98 Å². The molecule has 0 atom stereocenters. The number of nitro groups is 1. The molecule has 8 heteroatoms. The average molecular weight is 310 g/mol. The number of nitrogens with zero attached hydrogens (tertiary/aromatic N) is 3. The minimum Gasteiger partial charge on any atom is -0.436 e. The molecule has 1 heterocycles. The summed E-state index contributed by atoms with van der Waals surface area (Å²) in [6.07, 6.45) is 1.32. The van der Waals surface area contributed by atoms with Crippen LogP contribution in [0.5, 0.6) is 11.6 Å². The maximum atomic E-state index is 10.7. The number of pyridine rings is 1. The van der Waals surface area contributed by atoms with Crippen LogP contribution in [0.25, 0.3) is 0 Å². The van der Waals surface area contributed by atoms with Gasteiger partial charge in [0.05, 0.1) is 20.5 Å². The lowest BCUT2D eigenvalue weighted by Crippen LogP contribution is -1.93. The first-order valence-corrected chi connectivity index (χ1v) is 5.94. The Morgan fingerprint density at radius 1 is 1.30 bits per heavy atom. The molecule has 20 heavy (non-hydrogen) atoms. The number of rotatable bonds is 3. The van der Waals surface area contributed by atoms with Crippen LogP contribution in [0, 0.1) is 21.4 Å². The number of nitriles is 1. The fourth-order valence-electron chi connectivity index (χ4n) is 1.36. The number of non-ortho nitro benzene ring substituents is 1. The fraction of sp³-hybridized carbons (Fsp3) is 0. The Hall–Kier alpha value is -2.36. The van der Waals surface area contributed by atoms with E-state index in [-0.39, 0.29) is 27.4 Å². The SMILES string of the molecule is N#Cc1ccc(Oc2c(Cl)cc([N+](=O)[O-])cc2Cl)nc1. The van der Waals surface area contributed by atoms with Crippen molar-refractivity contribution < 1.29 is 9.66 Å². The van der Waals surface area contributed by atoms with E-state index in [9.17, 15) is 10.1 Å². The lowest BCUT2D eigenvalue weighted by Gasteiger charge is -2.08. The van der Waals surface area contributed by atoms with E-state index in [1.54, 1.807) is 0 Å². The first-order valence-electron chi connectivity index (χ1n) is 5.18. The Balaban J connectivity index is 2.33. The van der Waals surface area contributed by atoms with Gasteiger partial charge in [0.25, 0.3) is 5.69 Å². The predicted octanol–water partition coefficient (Wildman–Crippen LogP) is 3.96. The van der Waals surface area contributed by atoms with Crippen LogP contribution in [0.4, 0.5) is 5.69 Å². The zero-order valence-corrected chi connectivity index (χ0v) is 11.2. The van der Waals surface area contributed by atoms with Crippen LogP contribution in [-0.2, 0) is 0 Å². The van der Waals surface area contributed by atoms with E-state index in [1.807, 2.05) is 6.07 Å². The third-order valence-electron chi connectivity index (χ3n) is 2.27. The zero-order valence-electron chi connectivity index (χ0n) is 9.71. The van der Waals surface area contributed by atoms with E-state index in [1.165, 1.54) is 18.3 Å². The Morgan fingerprint density at radius 3 is 2.40 bits per heavy atom. The summed E-state index contributed by atoms with van der Waals surface area (Å²) >= 11 is 11.8. The molecule has 0 bridgehead atoms. The molecule has 0 radical (unpaired) electrons. The quantitative estimate of drug-likeness (QED) is 0.632. The van der Waals surface area contributed by atoms with Crippen LogP contribution in [0.2, 0.25) is 10.0 Å². The smallest absolute Gasteiger partial charge is 0.272 e. The molecule has 0 aliphatic carbocycles. The van der Waals surface area contributed by atoms with E-state index >= 15 is 0 Å². The van der Waals surface area contributed by atoms with Crippen molar-refractivity contribution in [3.63, 3.8) is 0 Å². The summed E-state index contributed by atoms with van der Waals surface area (Å²) in [5, 5.41) is 19.3. The standard InChI is InChI=1S/C12H5Cl2N3O3/c13-9-3-8(17(18)19)4-10(14)12(9)20-11-2-1-7(5-15)6-16-11/h1-4,6H. The second-order valence-corrected chi connectivity index (χ2v) is 4.41. The molecule has 0 saturated heterocycles. The molecule has 0 spiro atoms. The van der Waals surface area contributed by atoms with Gasteiger partial charge in [-0.1, -0.05) is 23.2 Å². The monoisotopic (exact) mass is 309 g/mol. The van der Waals surface area contributed by atoms with Crippen molar-refractivity contribution in [3.05, 3.63) is 56.2 Å². The molecule has 0 unspecified atom stereocenters. The molecule has 6 nitrogen and oxygen atoms in total. The number of benzene rings is 1. The zero-order chi connectivity index (χ0) is 14.7. The number of aromatic nitrogens is 1. The van der Waals surface area contributed by atoms with Crippen molar-refractivity contribution in [1.29, 1.82) is 5.26 Å². The molecular weight excluding hydrogens is 305 g/mol. The summed E-state index contributed by atoms with van der Waals surface area (Å²) in [4.78, 5) is 13.9. The second kappa shape index (κ2) is 5.74. The maximum absolute atomic E-state index is 10.7. The Labute approximate surface area is 123 Å². The van der Waals surface area contributed by atoms with Crippen molar-refractivity contribution in [2.75, 3.05) is 0 Å². The number of hydrogen-bond donors (Lipinski definition) is 0. The van der Waals surface area contributed by atoms with Crippen molar-refractivity contribution in [3.8, 4) is 17.7 Å². The average Bonchev–Trinajstić information content (AvgIpc) is 2.43. The Kier molecular flexibility index (Phi) is 4.03. The van der Waals surface area contributed by atoms with E-state index in [0.29, 0.717) is 5.56 Å². The van der Waals surface area contributed by atoms with Crippen LogP contribution in [0.15, 0.2) is 30.5 Å². The topological polar surface area (TPSA) is 89.0 Å². The minimum absolute atomic E-state index is 0.00430. The summed E-state index contributed by atoms with van der Waals surface area (Å²) < 4.78 is 5.37. The third kappa shape index (κ3) is 2.96. The van der Waals surface area contributed by atoms with Crippen molar-refractivity contribution in [2.24, 2.45) is 0 Å². The summed E-state index contributed by atoms with van der Waals surface area (Å²) in [6.45, 7) is 0. The van der Waals surface area contributed by atoms with Gasteiger partial charge >= 0.3 is 0 Å². The largest absolute Gasteiger partial charge is 0.436 e. The summed E-state index contributed by atoms with van der Waals surface area (Å²) in [5.41, 5.74) is 0.137. The summed E-state index contributed by atoms with van der Waals surface area (Å²) in [5.74, 6) is 0.234. The number of hydrogen-bond acceptors (Lipinski definition) is 5. The molecular formula is C12H5Cl2N3O3. The molecule has 0 aliphatic rings. The van der Waals surface area contributed by atoms with Gasteiger partial charge in [0.15, 0.2) is 5.75 Å². The van der Waals surface area contributed by atoms with Crippen LogP contribution in [0.3, 0.4) is 0 Å². The van der Waals surface area contributed by atoms with Crippen LogP contribution in [0.1, 0.15) is 5.56 Å². The number of ether oxygens (including phenoxy) is 1. The highest BCUT2D eigenvalue weighted by Crippen LogP contribution is 2.38. The van der Waals surface area contributed by atoms with Gasteiger partial charge in [-0.05, 0) is 6.07 Å². The molecule has 1 aromatic heterocycles. The van der Waals surface area contributed by atoms with E-state index < -0.39 is 4.92 Å². The predicted molar refractivity (Wildman–Crippen MR) is 72.1 cm³/mol. The maximum Gasteiger partial charge on any atom is 0.272 e. The summed E-state index contributed by atoms with van der Waals surface area (Å²) in [6, 6.07) is 7.15. The first-order chi connectivity index (χ1) is 9.51. The van der Waals surface area contributed by atoms with Crippen molar-refractivity contribution >= 4 is 28.9 Å². The van der Waals surface area contributed by atoms with Crippen LogP contribution in [-0.4, -0.2) is 9.91 Å². The highest BCUT2D eigenvalue weighted by Gasteiger charge is 2.16. The third-order valence-corrected chi connectivity index (χ3v) is 2.83. The van der Waals surface area contributed by atoms with Gasteiger partial charge in [-0.3, -0.25) is 10.1 Å². The Morgan fingerprint density at radius 2 is 1.95 bits per heavy atom. The van der Waals surface area contributed by atoms with Gasteiger partial charge in [-0.15, -0.1) is 0 Å². The van der Waals surface area contributed by atoms with E-state index in [4.69, 9.17) is 33.2 Å². The Bertz CT molecular complexity index is 688. The van der Waals surface area contributed by atoms with Gasteiger partial charge in [-0.25, -0.2) is 4.98 Å². The van der Waals surface area contributed by atoms with Gasteiger partial charge in [-0.2, -0.15) is 5.26 Å². The second-order valence-electron chi connectivity index (χ2n) is 3.59. The molecule has 1 aromatic carbocycles. The summed E-state index contributed by atoms with van der Waals surface area (Å²) in [7, 11) is 0. The van der Waals surface area contributed by atoms with Crippen molar-refractivity contribution in [2.45, 2.75) is 0 Å². The first kappa shape index (κ1) is 14.1. The lowest BCUT2D eigenvalue weighted by atomic mass is 10.3. The van der Waals surface area contributed by atoms with Crippen LogP contribution < -0.4 is 4.74 Å². The van der Waals surface area contributed by atoms with Gasteiger partial charge in [0.2, 0.25) is 5.88 Å². The molecule has 0 N–H and O–H groups in total. The molecule has 100 valence electrons. The molecule has 0 fully saturated rings. The van der Waals surface area contributed by atoms with Gasteiger partial charge in [0.1, 0.15) is 6.07 Å². The normalized spacial score (nSPS) is 9.85. The fourth-order valence-corrected chi connectivity index (χ4v) is 1.91. The molecule has 2 rings (SSSR count). The molecule has 0 saturated carbocycles. The molecule has 2 aromatic rings. The van der Waals surface area contributed by atoms with E-state index in [2.05, 4.69) is 4.98 Å². The van der Waals surface area contributed by atoms with Crippen LogP contribution >= 0.6 is 23.2 Å².